The Bertz CT molecular complexity index is 4590. The van der Waals surface area contributed by atoms with Gasteiger partial charge in [0.25, 0.3) is 0 Å². The van der Waals surface area contributed by atoms with E-state index in [2.05, 4.69) is 78.4 Å². The zero-order valence-electron chi connectivity index (χ0n) is 65.6. The number of carboxylic acids is 1. The number of hydrogen-bond donors (Lipinski definition) is 20. The van der Waals surface area contributed by atoms with E-state index in [1.54, 1.807) is 50.2 Å². The van der Waals surface area contributed by atoms with Crippen molar-refractivity contribution in [1.82, 2.24) is 78.4 Å². The van der Waals surface area contributed by atoms with Gasteiger partial charge in [0.15, 0.2) is 0 Å². The molecule has 35 nitrogen and oxygen atoms in total. The molecule has 4 heterocycles. The van der Waals surface area contributed by atoms with Crippen LogP contribution in [0.2, 0.25) is 0 Å². The number of aromatic hydroxyl groups is 2. The number of rotatable bonds is 21. The van der Waals surface area contributed by atoms with E-state index >= 15 is 14.4 Å². The van der Waals surface area contributed by atoms with Gasteiger partial charge in [-0.3, -0.25) is 62.3 Å². The third kappa shape index (κ3) is 28.5. The van der Waals surface area contributed by atoms with E-state index in [1.165, 1.54) is 111 Å². The summed E-state index contributed by atoms with van der Waals surface area (Å²) in [7, 11) is 0. The second-order valence-electron chi connectivity index (χ2n) is 28.8. The maximum atomic E-state index is 15.1. The maximum absolute atomic E-state index is 15.1. The predicted molar refractivity (Wildman–Crippen MR) is 438 cm³/mol. The number of aromatic nitrogens is 4. The van der Waals surface area contributed by atoms with Crippen LogP contribution in [-0.4, -0.2) is 212 Å². The van der Waals surface area contributed by atoms with Gasteiger partial charge in [-0.05, 0) is 108 Å². The lowest BCUT2D eigenvalue weighted by atomic mass is 10.0. The van der Waals surface area contributed by atoms with Crippen LogP contribution < -0.4 is 70.0 Å². The second kappa shape index (κ2) is 45.5. The number of aliphatic carboxylic acids is 1. The number of thioether (sulfide) groups is 2. The largest absolute Gasteiger partial charge is 0.508 e. The van der Waals surface area contributed by atoms with Crippen molar-refractivity contribution in [2.75, 3.05) is 11.5 Å². The molecule has 1 aliphatic heterocycles. The number of hydrogen-bond acceptors (Lipinski definition) is 22. The minimum atomic E-state index is -1.92. The quantitative estimate of drug-likeness (QED) is 0.0459. The van der Waals surface area contributed by atoms with Crippen LogP contribution in [0, 0.1) is 0 Å². The lowest BCUT2D eigenvalue weighted by Crippen LogP contribution is -2.62. The first-order chi connectivity index (χ1) is 56.5. The van der Waals surface area contributed by atoms with Crippen molar-refractivity contribution < 1.29 is 87.9 Å². The predicted octanol–water partition coefficient (Wildman–Crippen LogP) is 0.284. The Morgan fingerprint density at radius 2 is 0.932 bits per heavy atom. The number of nitrogens with two attached hydrogens (primary N) is 2. The van der Waals surface area contributed by atoms with Gasteiger partial charge in [-0.25, -0.2) is 9.97 Å². The van der Waals surface area contributed by atoms with Gasteiger partial charge in [0.1, 0.15) is 83.6 Å². The van der Waals surface area contributed by atoms with E-state index in [1.807, 2.05) is 24.3 Å². The first kappa shape index (κ1) is 91.6. The average Bonchev–Trinajstić information content (AvgIpc) is 1.64. The fourth-order valence-corrected chi connectivity index (χ4v) is 14.8. The number of H-pyrrole nitrogens is 2. The van der Waals surface area contributed by atoms with E-state index in [0.29, 0.717) is 50.5 Å². The fourth-order valence-electron chi connectivity index (χ4n) is 12.9. The van der Waals surface area contributed by atoms with Crippen LogP contribution >= 0.6 is 23.5 Å². The molecule has 13 atom stereocenters. The number of nitrogens with one attached hydrogen (secondary N) is 13. The number of carboxylic acid groups (broad SMARTS) is 1. The summed E-state index contributed by atoms with van der Waals surface area (Å²) < 4.78 is 0. The van der Waals surface area contributed by atoms with Crippen molar-refractivity contribution in [2.24, 2.45) is 11.5 Å². The van der Waals surface area contributed by atoms with Crippen molar-refractivity contribution in [3.63, 3.8) is 0 Å². The zero-order valence-corrected chi connectivity index (χ0v) is 67.3. The molecule has 0 fully saturated rings. The summed E-state index contributed by atoms with van der Waals surface area (Å²) >= 11 is 2.65. The molecular formula is C81H103N17O18S2. The second-order valence-corrected chi connectivity index (χ2v) is 30.9. The molecule has 22 N–H and O–H groups in total. The van der Waals surface area contributed by atoms with Crippen molar-refractivity contribution >= 4 is 111 Å². The Morgan fingerprint density at radius 3 is 1.42 bits per heavy atom. The molecule has 0 radical (unpaired) electrons. The number of aromatic amines is 2. The SMILES string of the molecule is CCC[C@@H]1NC(=O)[C@H](Cc2c[nH]c3ncccc23)NC(=O)[C@H]([C@@H](C)O)NC(=O)[C@H](Cc2cnc[nH]2)NC(=O)[C@H](Cc2ccc(O)cc2)NC(=O)[C@H](Cc2ccc(CN)cc2)NC(=O)CCSCc2cccc(c2)CSC[C@@H](C(N)=O)NC(=O)[C@H]([C@@H](C)O)NC(=O)[C@H](CCC)NC(=O)[C@H](Cc2ccc(O)cc2)NC(=O)[C@H](CCC(=O)O)NC1=O. The summed E-state index contributed by atoms with van der Waals surface area (Å²) in [6.07, 6.45) is -0.232. The Balaban J connectivity index is 1.15. The first-order valence-corrected chi connectivity index (χ1v) is 40.9. The summed E-state index contributed by atoms with van der Waals surface area (Å²) in [4.78, 5) is 201. The molecule has 1 aliphatic rings. The summed E-state index contributed by atoms with van der Waals surface area (Å²) in [6, 6.07) is 11.4. The van der Waals surface area contributed by atoms with Crippen LogP contribution in [-0.2, 0) is 112 Å². The fraction of sp³-hybridized carbons (Fsp3) is 0.420. The van der Waals surface area contributed by atoms with Crippen LogP contribution in [0.15, 0.2) is 134 Å². The number of carbonyl (C=O) groups excluding carboxylic acids is 12. The molecule has 4 aromatic carbocycles. The van der Waals surface area contributed by atoms with E-state index in [9.17, 15) is 73.5 Å². The van der Waals surface area contributed by atoms with Gasteiger partial charge in [0.2, 0.25) is 70.9 Å². The minimum Gasteiger partial charge on any atom is -0.508 e. The van der Waals surface area contributed by atoms with Gasteiger partial charge in [-0.2, -0.15) is 23.5 Å². The molecule has 8 rings (SSSR count). The van der Waals surface area contributed by atoms with Crippen molar-refractivity contribution in [1.29, 1.82) is 0 Å². The van der Waals surface area contributed by atoms with Gasteiger partial charge in [-0.15, -0.1) is 0 Å². The zero-order chi connectivity index (χ0) is 85.5. The summed E-state index contributed by atoms with van der Waals surface area (Å²) in [6.45, 7) is 5.94. The smallest absolute Gasteiger partial charge is 0.303 e. The van der Waals surface area contributed by atoms with Crippen LogP contribution in [0.1, 0.15) is 117 Å². The maximum Gasteiger partial charge on any atom is 0.303 e. The number of carbonyl (C=O) groups is 13. The highest BCUT2D eigenvalue weighted by molar-refractivity contribution is 7.98. The first-order valence-electron chi connectivity index (χ1n) is 38.6. The molecule has 0 aliphatic carbocycles. The number of aliphatic hydroxyl groups is 2. The highest BCUT2D eigenvalue weighted by Crippen LogP contribution is 2.23. The van der Waals surface area contributed by atoms with Crippen molar-refractivity contribution in [3.8, 4) is 11.5 Å². The standard InChI is InChI=1S/C81H103N17O18S2/c1-5-9-57-72(107)91-59(26-27-67(104)105)73(108)92-61(33-47-18-22-54(101)23-19-47)76(111)90-58(10-6-2)74(109)97-69(45(4)100)81(116)96-65(70(83)106)42-118-41-51-12-7-11-50(31-51)40-117-30-28-66(103)88-60(32-46-14-16-49(37-82)17-15-46)75(110)93-62(34-48-20-24-55(102)25-21-48)77(112)94-64(36-53-39-84-43-87-53)79(114)98-68(44(3)99)80(115)95-63(78(113)89-57)35-52-38-86-71-56(52)13-8-29-85-71/h7-8,11-25,29,31,38-39,43-45,57-65,68-69,99-102H,5-6,9-10,26-28,30,32-37,40-42,82H2,1-4H3,(H2,83,106)(H,84,87)(H,85,86)(H,88,103)(H,89,113)(H,90,111)(H,91,107)(H,92,108)(H,93,110)(H,94,112)(H,95,115)(H,96,116)(H,97,109)(H,98,114)(H,104,105)/t44-,45-,57+,58+,59+,60+,61+,62+,63+,64+,65+,68+,69+/m1/s1. The number of amides is 12. The van der Waals surface area contributed by atoms with E-state index < -0.39 is 168 Å². The Labute approximate surface area is 688 Å². The van der Waals surface area contributed by atoms with Crippen LogP contribution in [0.4, 0.5) is 0 Å². The molecule has 0 saturated heterocycles. The highest BCUT2D eigenvalue weighted by Gasteiger charge is 2.39. The van der Waals surface area contributed by atoms with Gasteiger partial charge in [0, 0.05) is 104 Å². The summed E-state index contributed by atoms with van der Waals surface area (Å²) in [5, 5.41) is 82.3. The highest BCUT2D eigenvalue weighted by atomic mass is 32.2. The number of pyridine rings is 1. The number of phenolic OH excluding ortho intramolecular Hbond substituents is 2. The lowest BCUT2D eigenvalue weighted by Gasteiger charge is -2.29. The number of phenols is 2. The molecule has 3 aromatic heterocycles. The number of fused-ring (bicyclic) bond motifs is 3. The normalized spacial score (nSPS) is 22.8. The molecule has 7 aromatic rings. The number of primary amides is 1. The topological polar surface area (TPSA) is 565 Å². The van der Waals surface area contributed by atoms with Crippen LogP contribution in [0.5, 0.6) is 11.5 Å². The lowest BCUT2D eigenvalue weighted by molar-refractivity contribution is -0.139. The van der Waals surface area contributed by atoms with Crippen molar-refractivity contribution in [3.05, 3.63) is 179 Å². The molecule has 0 saturated carbocycles. The number of aliphatic hydroxyl groups excluding tert-OH is 2. The third-order valence-electron chi connectivity index (χ3n) is 19.3. The van der Waals surface area contributed by atoms with Gasteiger partial charge < -0.3 is 105 Å². The van der Waals surface area contributed by atoms with E-state index in [0.717, 1.165) is 16.7 Å². The van der Waals surface area contributed by atoms with Gasteiger partial charge >= 0.3 is 5.97 Å². The summed E-state index contributed by atoms with van der Waals surface area (Å²) in [5.74, 6) is -12.3. The Kier molecular flexibility index (Phi) is 35.4. The van der Waals surface area contributed by atoms with Crippen LogP contribution in [0.3, 0.4) is 0 Å². The van der Waals surface area contributed by atoms with Crippen molar-refractivity contribution in [2.45, 2.75) is 201 Å². The third-order valence-corrected chi connectivity index (χ3v) is 21.5. The molecule has 2 bridgehead atoms. The van der Waals surface area contributed by atoms with Gasteiger partial charge in [-0.1, -0.05) is 99.5 Å². The van der Waals surface area contributed by atoms with Crippen LogP contribution in [0.25, 0.3) is 11.0 Å². The Hall–Kier alpha value is -11.9. The van der Waals surface area contributed by atoms with E-state index in [4.69, 9.17) is 11.5 Å². The molecule has 0 unspecified atom stereocenters. The number of nitrogens with zero attached hydrogens (tertiary/aromatic N) is 2. The monoisotopic (exact) mass is 1670 g/mol. The number of imidazole rings is 1. The molecule has 37 heteroatoms. The molecular weight excluding hydrogens is 1560 g/mol. The molecule has 118 heavy (non-hydrogen) atoms. The molecule has 0 spiro atoms. The molecule has 632 valence electrons. The minimum absolute atomic E-state index is 0.0656. The Morgan fingerprint density at radius 1 is 0.500 bits per heavy atom. The summed E-state index contributed by atoms with van der Waals surface area (Å²) in [5.41, 5.74) is 16.7. The number of benzene rings is 4. The van der Waals surface area contributed by atoms with E-state index in [-0.39, 0.29) is 93.8 Å². The van der Waals surface area contributed by atoms with Gasteiger partial charge in [0.05, 0.1) is 18.5 Å². The molecule has 12 amide bonds. The average molecular weight is 1670 g/mol.